The number of ether oxygens (including phenoxy) is 2. The molecule has 4 rings (SSSR count). The van der Waals surface area contributed by atoms with Crippen molar-refractivity contribution in [2.45, 2.75) is 43.9 Å². The molecule has 2 aliphatic rings. The van der Waals surface area contributed by atoms with E-state index in [-0.39, 0.29) is 31.1 Å². The number of benzene rings is 1. The van der Waals surface area contributed by atoms with Crippen molar-refractivity contribution in [3.8, 4) is 5.75 Å². The van der Waals surface area contributed by atoms with Crippen LogP contribution in [0.15, 0.2) is 24.3 Å². The zero-order valence-electron chi connectivity index (χ0n) is 17.0. The maximum atomic E-state index is 12.5. The number of amides is 2. The lowest BCUT2D eigenvalue weighted by molar-refractivity contribution is -0.122. The van der Waals surface area contributed by atoms with Gasteiger partial charge in [0.1, 0.15) is 18.1 Å². The molecular formula is C21H26N4O4S. The molecule has 1 saturated heterocycles. The van der Waals surface area contributed by atoms with Crippen LogP contribution < -0.4 is 15.4 Å². The molecule has 1 unspecified atom stereocenters. The summed E-state index contributed by atoms with van der Waals surface area (Å²) in [4.78, 5) is 24.9. The SMILES string of the molecule is Cc1ccc(OCC(=O)Nc2c3c(nn2CC(=O)NCC2CCCO2)CSC3)cc1. The van der Waals surface area contributed by atoms with Crippen LogP contribution in [0.2, 0.25) is 0 Å². The van der Waals surface area contributed by atoms with E-state index in [0.29, 0.717) is 18.1 Å². The van der Waals surface area contributed by atoms with Crippen LogP contribution in [0, 0.1) is 6.92 Å². The monoisotopic (exact) mass is 430 g/mol. The summed E-state index contributed by atoms with van der Waals surface area (Å²) in [6, 6.07) is 7.53. The van der Waals surface area contributed by atoms with Gasteiger partial charge >= 0.3 is 0 Å². The molecule has 2 amide bonds. The molecule has 8 nitrogen and oxygen atoms in total. The second kappa shape index (κ2) is 9.53. The van der Waals surface area contributed by atoms with Crippen molar-refractivity contribution < 1.29 is 19.1 Å². The lowest BCUT2D eigenvalue weighted by Gasteiger charge is -2.13. The van der Waals surface area contributed by atoms with Gasteiger partial charge in [0.25, 0.3) is 5.91 Å². The number of aryl methyl sites for hydroxylation is 1. The van der Waals surface area contributed by atoms with Crippen LogP contribution in [-0.2, 0) is 32.4 Å². The molecule has 0 spiro atoms. The molecule has 1 fully saturated rings. The number of rotatable bonds is 8. The van der Waals surface area contributed by atoms with Gasteiger partial charge in [-0.15, -0.1) is 0 Å². The normalized spacial score (nSPS) is 17.6. The molecule has 1 aromatic heterocycles. The molecule has 2 aromatic rings. The van der Waals surface area contributed by atoms with Gasteiger partial charge in [0, 0.05) is 30.2 Å². The lowest BCUT2D eigenvalue weighted by atomic mass is 10.2. The van der Waals surface area contributed by atoms with Crippen LogP contribution in [0.1, 0.15) is 29.7 Å². The van der Waals surface area contributed by atoms with E-state index < -0.39 is 0 Å². The predicted octanol–water partition coefficient (Wildman–Crippen LogP) is 2.25. The fourth-order valence-electron chi connectivity index (χ4n) is 3.50. The molecule has 2 aliphatic heterocycles. The molecule has 0 radical (unpaired) electrons. The minimum absolute atomic E-state index is 0.0544. The van der Waals surface area contributed by atoms with Gasteiger partial charge in [-0.25, -0.2) is 4.68 Å². The van der Waals surface area contributed by atoms with Crippen molar-refractivity contribution >= 4 is 29.4 Å². The number of anilines is 1. The first kappa shape index (κ1) is 20.7. The number of hydrogen-bond donors (Lipinski definition) is 2. The summed E-state index contributed by atoms with van der Waals surface area (Å²) in [5.41, 5.74) is 3.03. The number of nitrogens with one attached hydrogen (secondary N) is 2. The number of carbonyl (C=O) groups excluding carboxylic acids is 2. The molecule has 0 saturated carbocycles. The van der Waals surface area contributed by atoms with E-state index in [2.05, 4.69) is 15.7 Å². The summed E-state index contributed by atoms with van der Waals surface area (Å²) in [7, 11) is 0. The third-order valence-corrected chi connectivity index (χ3v) is 6.08. The second-order valence-corrected chi connectivity index (χ2v) is 8.50. The number of aromatic nitrogens is 2. The molecule has 9 heteroatoms. The van der Waals surface area contributed by atoms with E-state index in [0.717, 1.165) is 47.8 Å². The number of carbonyl (C=O) groups is 2. The second-order valence-electron chi connectivity index (χ2n) is 7.51. The molecule has 0 bridgehead atoms. The number of hydrogen-bond acceptors (Lipinski definition) is 6. The molecular weight excluding hydrogens is 404 g/mol. The summed E-state index contributed by atoms with van der Waals surface area (Å²) in [5.74, 6) is 2.34. The summed E-state index contributed by atoms with van der Waals surface area (Å²) in [6.07, 6.45) is 2.09. The van der Waals surface area contributed by atoms with Crippen molar-refractivity contribution in [3.05, 3.63) is 41.1 Å². The van der Waals surface area contributed by atoms with Crippen LogP contribution in [0.3, 0.4) is 0 Å². The van der Waals surface area contributed by atoms with Crippen LogP contribution in [0.25, 0.3) is 0 Å². The Labute approximate surface area is 179 Å². The zero-order valence-corrected chi connectivity index (χ0v) is 17.8. The van der Waals surface area contributed by atoms with Crippen molar-refractivity contribution in [1.82, 2.24) is 15.1 Å². The topological polar surface area (TPSA) is 94.5 Å². The summed E-state index contributed by atoms with van der Waals surface area (Å²) in [5, 5.41) is 10.3. The molecule has 1 atom stereocenters. The maximum absolute atomic E-state index is 12.5. The van der Waals surface area contributed by atoms with Gasteiger partial charge in [-0.05, 0) is 31.9 Å². The Kier molecular flexibility index (Phi) is 6.59. The predicted molar refractivity (Wildman–Crippen MR) is 115 cm³/mol. The third-order valence-electron chi connectivity index (χ3n) is 5.11. The van der Waals surface area contributed by atoms with Gasteiger partial charge in [0.05, 0.1) is 11.8 Å². The van der Waals surface area contributed by atoms with Gasteiger partial charge in [-0.3, -0.25) is 9.59 Å². The Morgan fingerprint density at radius 2 is 2.10 bits per heavy atom. The Morgan fingerprint density at radius 1 is 1.27 bits per heavy atom. The van der Waals surface area contributed by atoms with Gasteiger partial charge in [-0.1, -0.05) is 17.7 Å². The number of nitrogens with zero attached hydrogens (tertiary/aromatic N) is 2. The summed E-state index contributed by atoms with van der Waals surface area (Å²) < 4.78 is 12.7. The quantitative estimate of drug-likeness (QED) is 0.667. The van der Waals surface area contributed by atoms with Crippen molar-refractivity contribution in [2.75, 3.05) is 25.1 Å². The largest absolute Gasteiger partial charge is 0.484 e. The first-order chi connectivity index (χ1) is 14.6. The maximum Gasteiger partial charge on any atom is 0.263 e. The Bertz CT molecular complexity index is 906. The lowest BCUT2D eigenvalue weighted by Crippen LogP contribution is -2.35. The van der Waals surface area contributed by atoms with Crippen LogP contribution in [-0.4, -0.2) is 47.5 Å². The van der Waals surface area contributed by atoms with Gasteiger partial charge in [0.2, 0.25) is 5.91 Å². The third kappa shape index (κ3) is 5.14. The highest BCUT2D eigenvalue weighted by Gasteiger charge is 2.25. The molecule has 160 valence electrons. The molecule has 30 heavy (non-hydrogen) atoms. The van der Waals surface area contributed by atoms with Gasteiger partial charge in [-0.2, -0.15) is 16.9 Å². The van der Waals surface area contributed by atoms with E-state index in [1.807, 2.05) is 31.2 Å². The fourth-order valence-corrected chi connectivity index (χ4v) is 4.53. The van der Waals surface area contributed by atoms with Gasteiger partial charge < -0.3 is 20.1 Å². The van der Waals surface area contributed by atoms with Crippen molar-refractivity contribution in [3.63, 3.8) is 0 Å². The highest BCUT2D eigenvalue weighted by atomic mass is 32.2. The standard InChI is InChI=1S/C21H26N4O4S/c1-14-4-6-15(7-5-14)29-11-20(27)23-21-17-12-30-13-18(17)24-25(21)10-19(26)22-9-16-3-2-8-28-16/h4-7,16H,2-3,8-13H2,1H3,(H,22,26)(H,23,27). The molecule has 0 aliphatic carbocycles. The number of fused-ring (bicyclic) bond motifs is 1. The summed E-state index contributed by atoms with van der Waals surface area (Å²) >= 11 is 1.74. The average Bonchev–Trinajstić information content (AvgIpc) is 3.46. The summed E-state index contributed by atoms with van der Waals surface area (Å²) in [6.45, 7) is 3.19. The minimum Gasteiger partial charge on any atom is -0.484 e. The van der Waals surface area contributed by atoms with E-state index in [9.17, 15) is 9.59 Å². The molecule has 2 N–H and O–H groups in total. The van der Waals surface area contributed by atoms with Gasteiger partial charge in [0.15, 0.2) is 6.61 Å². The Balaban J connectivity index is 1.36. The Hall–Kier alpha value is -2.52. The zero-order chi connectivity index (χ0) is 20.9. The number of thioether (sulfide) groups is 1. The highest BCUT2D eigenvalue weighted by Crippen LogP contribution is 2.34. The first-order valence-electron chi connectivity index (χ1n) is 10.1. The molecule has 3 heterocycles. The smallest absolute Gasteiger partial charge is 0.263 e. The van der Waals surface area contributed by atoms with Crippen LogP contribution in [0.4, 0.5) is 5.82 Å². The van der Waals surface area contributed by atoms with Crippen LogP contribution in [0.5, 0.6) is 5.75 Å². The van der Waals surface area contributed by atoms with E-state index in [1.165, 1.54) is 0 Å². The fraction of sp³-hybridized carbons (Fsp3) is 0.476. The first-order valence-corrected chi connectivity index (χ1v) is 11.3. The van der Waals surface area contributed by atoms with Crippen molar-refractivity contribution in [1.29, 1.82) is 0 Å². The molecule has 1 aromatic carbocycles. The Morgan fingerprint density at radius 3 is 2.87 bits per heavy atom. The highest BCUT2D eigenvalue weighted by molar-refractivity contribution is 7.98. The van der Waals surface area contributed by atoms with E-state index in [4.69, 9.17) is 9.47 Å². The van der Waals surface area contributed by atoms with Crippen LogP contribution >= 0.6 is 11.8 Å². The van der Waals surface area contributed by atoms with E-state index >= 15 is 0 Å². The van der Waals surface area contributed by atoms with E-state index in [1.54, 1.807) is 16.4 Å². The minimum atomic E-state index is -0.281. The average molecular weight is 431 g/mol. The van der Waals surface area contributed by atoms with Crippen molar-refractivity contribution in [2.24, 2.45) is 0 Å².